The molecular formula is C28H28ClF4N9O. The van der Waals surface area contributed by atoms with Crippen molar-refractivity contribution >= 4 is 29.1 Å². The number of aromatic nitrogens is 5. The summed E-state index contributed by atoms with van der Waals surface area (Å²) in [5, 5.41) is 9.40. The molecule has 1 aromatic carbocycles. The van der Waals surface area contributed by atoms with Crippen molar-refractivity contribution in [1.82, 2.24) is 39.8 Å². The van der Waals surface area contributed by atoms with Crippen molar-refractivity contribution in [3.8, 4) is 16.9 Å². The molecule has 10 nitrogen and oxygen atoms in total. The number of hydrogen-bond acceptors (Lipinski definition) is 8. The molecule has 0 atom stereocenters. The van der Waals surface area contributed by atoms with Gasteiger partial charge in [0.1, 0.15) is 5.82 Å². The molecule has 3 aromatic heterocycles. The number of aryl methyl sites for hydroxylation is 1. The van der Waals surface area contributed by atoms with Gasteiger partial charge in [0.2, 0.25) is 5.95 Å². The Labute approximate surface area is 249 Å². The van der Waals surface area contributed by atoms with Gasteiger partial charge < -0.3 is 15.5 Å². The molecular weight excluding hydrogens is 590 g/mol. The number of rotatable bonds is 8. The molecule has 15 heteroatoms. The highest BCUT2D eigenvalue weighted by Crippen LogP contribution is 2.32. The van der Waals surface area contributed by atoms with Crippen LogP contribution in [0.15, 0.2) is 48.9 Å². The van der Waals surface area contributed by atoms with Gasteiger partial charge in [0.05, 0.1) is 10.6 Å². The van der Waals surface area contributed by atoms with E-state index in [2.05, 4.69) is 47.5 Å². The number of benzene rings is 1. The minimum absolute atomic E-state index is 0.00403. The maximum atomic E-state index is 13.6. The summed E-state index contributed by atoms with van der Waals surface area (Å²) in [6, 6.07) is 6.36. The maximum Gasteiger partial charge on any atom is 0.435 e. The highest BCUT2D eigenvalue weighted by molar-refractivity contribution is 6.31. The molecule has 0 saturated carbocycles. The second-order valence-electron chi connectivity index (χ2n) is 10.1. The van der Waals surface area contributed by atoms with E-state index in [0.29, 0.717) is 24.3 Å². The molecule has 43 heavy (non-hydrogen) atoms. The van der Waals surface area contributed by atoms with Crippen LogP contribution in [0.3, 0.4) is 0 Å². The zero-order chi connectivity index (χ0) is 30.7. The van der Waals surface area contributed by atoms with E-state index in [4.69, 9.17) is 11.6 Å². The standard InChI is InChI=1S/C28H28ClF4N9O/c1-17-11-24(28(31,32)33)39-42(17)25-21(16-36-27(38-25)37-20-3-4-23(30)22(29)13-20)18-12-19(15-34-14-18)26(43)35-5-6-41-9-7-40(2)8-10-41/h3-4,11-16H,5-10H2,1-2H3,(H,35,43)(H,36,37,38). The monoisotopic (exact) mass is 617 g/mol. The third-order valence-electron chi connectivity index (χ3n) is 6.94. The van der Waals surface area contributed by atoms with Gasteiger partial charge in [-0.05, 0) is 44.3 Å². The van der Waals surface area contributed by atoms with E-state index in [1.54, 1.807) is 6.07 Å². The molecule has 226 valence electrons. The highest BCUT2D eigenvalue weighted by atomic mass is 35.5. The van der Waals surface area contributed by atoms with Crippen LogP contribution < -0.4 is 10.6 Å². The number of hydrogen-bond donors (Lipinski definition) is 2. The minimum atomic E-state index is -4.68. The first-order valence-corrected chi connectivity index (χ1v) is 13.7. The van der Waals surface area contributed by atoms with E-state index in [0.717, 1.165) is 43.0 Å². The van der Waals surface area contributed by atoms with Gasteiger partial charge in [-0.1, -0.05) is 11.6 Å². The average Bonchev–Trinajstić information content (AvgIpc) is 3.38. The van der Waals surface area contributed by atoms with Gasteiger partial charge >= 0.3 is 6.18 Å². The van der Waals surface area contributed by atoms with Crippen LogP contribution in [0.5, 0.6) is 0 Å². The molecule has 0 aliphatic carbocycles. The Hall–Kier alpha value is -4.14. The van der Waals surface area contributed by atoms with Gasteiger partial charge in [-0.15, -0.1) is 0 Å². The largest absolute Gasteiger partial charge is 0.435 e. The summed E-state index contributed by atoms with van der Waals surface area (Å²) in [4.78, 5) is 30.4. The lowest BCUT2D eigenvalue weighted by molar-refractivity contribution is -0.141. The van der Waals surface area contributed by atoms with Crippen LogP contribution in [0.4, 0.5) is 29.2 Å². The zero-order valence-electron chi connectivity index (χ0n) is 23.3. The summed E-state index contributed by atoms with van der Waals surface area (Å²) in [6.45, 7) is 6.40. The van der Waals surface area contributed by atoms with Crippen LogP contribution in [-0.4, -0.2) is 86.8 Å². The van der Waals surface area contributed by atoms with Crippen LogP contribution in [0.2, 0.25) is 5.02 Å². The number of nitrogens with zero attached hydrogens (tertiary/aromatic N) is 7. The van der Waals surface area contributed by atoms with Crippen LogP contribution in [0.25, 0.3) is 16.9 Å². The van der Waals surface area contributed by atoms with Gasteiger partial charge in [-0.2, -0.15) is 23.3 Å². The quantitative estimate of drug-likeness (QED) is 0.277. The molecule has 5 rings (SSSR count). The van der Waals surface area contributed by atoms with Crippen molar-refractivity contribution in [2.24, 2.45) is 0 Å². The van der Waals surface area contributed by atoms with E-state index in [1.165, 1.54) is 37.6 Å². The third-order valence-corrected chi connectivity index (χ3v) is 7.23. The van der Waals surface area contributed by atoms with Gasteiger partial charge in [-0.3, -0.25) is 14.7 Å². The Morgan fingerprint density at radius 2 is 1.84 bits per heavy atom. The Balaban J connectivity index is 1.44. The molecule has 0 bridgehead atoms. The molecule has 1 amide bonds. The SMILES string of the molecule is Cc1cc(C(F)(F)F)nn1-c1nc(Nc2ccc(F)c(Cl)c2)ncc1-c1cncc(C(=O)NCCN2CCN(C)CC2)c1. The lowest BCUT2D eigenvalue weighted by atomic mass is 10.1. The van der Waals surface area contributed by atoms with E-state index >= 15 is 0 Å². The number of alkyl halides is 3. The maximum absolute atomic E-state index is 13.6. The second-order valence-corrected chi connectivity index (χ2v) is 10.5. The van der Waals surface area contributed by atoms with Crippen LogP contribution in [0.1, 0.15) is 21.7 Å². The number of piperazine rings is 1. The smallest absolute Gasteiger partial charge is 0.351 e. The second kappa shape index (κ2) is 12.6. The normalized spacial score (nSPS) is 14.6. The number of amides is 1. The summed E-state index contributed by atoms with van der Waals surface area (Å²) >= 11 is 5.88. The van der Waals surface area contributed by atoms with Crippen LogP contribution >= 0.6 is 11.6 Å². The summed E-state index contributed by atoms with van der Waals surface area (Å²) in [6.07, 6.45) is -0.432. The first kappa shape index (κ1) is 30.3. The van der Waals surface area contributed by atoms with Crippen molar-refractivity contribution in [3.63, 3.8) is 0 Å². The van der Waals surface area contributed by atoms with Gasteiger partial charge in [0.25, 0.3) is 5.91 Å². The number of pyridine rings is 1. The van der Waals surface area contributed by atoms with Crippen molar-refractivity contribution in [3.05, 3.63) is 76.7 Å². The number of likely N-dealkylation sites (N-methyl/N-ethyl adjacent to an activating group) is 1. The number of anilines is 2. The van der Waals surface area contributed by atoms with Gasteiger partial charge in [-0.25, -0.2) is 14.1 Å². The van der Waals surface area contributed by atoms with Gasteiger partial charge in [0, 0.05) is 80.4 Å². The van der Waals surface area contributed by atoms with Crippen LogP contribution in [0, 0.1) is 12.7 Å². The number of carbonyl (C=O) groups excluding carboxylic acids is 1. The van der Waals surface area contributed by atoms with Crippen molar-refractivity contribution in [2.45, 2.75) is 13.1 Å². The molecule has 4 aromatic rings. The van der Waals surface area contributed by atoms with Crippen molar-refractivity contribution < 1.29 is 22.4 Å². The number of nitrogens with one attached hydrogen (secondary N) is 2. The van der Waals surface area contributed by atoms with Gasteiger partial charge in [0.15, 0.2) is 11.5 Å². The van der Waals surface area contributed by atoms with E-state index < -0.39 is 17.7 Å². The van der Waals surface area contributed by atoms with Crippen molar-refractivity contribution in [1.29, 1.82) is 0 Å². The Morgan fingerprint density at radius 3 is 2.53 bits per heavy atom. The van der Waals surface area contributed by atoms with E-state index in [9.17, 15) is 22.4 Å². The fourth-order valence-corrected chi connectivity index (χ4v) is 4.72. The average molecular weight is 618 g/mol. The molecule has 1 aliphatic heterocycles. The fourth-order valence-electron chi connectivity index (χ4n) is 4.54. The summed E-state index contributed by atoms with van der Waals surface area (Å²) in [7, 11) is 2.07. The summed E-state index contributed by atoms with van der Waals surface area (Å²) < 4.78 is 55.2. The topological polar surface area (TPSA) is 104 Å². The molecule has 0 unspecified atom stereocenters. The first-order chi connectivity index (χ1) is 20.5. The minimum Gasteiger partial charge on any atom is -0.351 e. The third kappa shape index (κ3) is 7.27. The highest BCUT2D eigenvalue weighted by Gasteiger charge is 2.35. The molecule has 0 spiro atoms. The molecule has 4 heterocycles. The lowest BCUT2D eigenvalue weighted by Crippen LogP contribution is -2.46. The summed E-state index contributed by atoms with van der Waals surface area (Å²) in [5.41, 5.74) is 0.354. The molecule has 1 fully saturated rings. The lowest BCUT2D eigenvalue weighted by Gasteiger charge is -2.32. The first-order valence-electron chi connectivity index (χ1n) is 13.4. The Kier molecular flexibility index (Phi) is 8.89. The summed E-state index contributed by atoms with van der Waals surface area (Å²) in [5.74, 6) is -0.956. The molecule has 1 aliphatic rings. The Bertz CT molecular complexity index is 1620. The predicted octanol–water partition coefficient (Wildman–Crippen LogP) is 4.56. The Morgan fingerprint density at radius 1 is 1.07 bits per heavy atom. The van der Waals surface area contributed by atoms with E-state index in [1.807, 2.05) is 0 Å². The van der Waals surface area contributed by atoms with E-state index in [-0.39, 0.29) is 39.5 Å². The fraction of sp³-hybridized carbons (Fsp3) is 0.321. The van der Waals surface area contributed by atoms with Crippen LogP contribution in [-0.2, 0) is 6.18 Å². The predicted molar refractivity (Wildman–Crippen MR) is 153 cm³/mol. The molecule has 0 radical (unpaired) electrons. The zero-order valence-corrected chi connectivity index (χ0v) is 24.0. The van der Waals surface area contributed by atoms with Crippen molar-refractivity contribution in [2.75, 3.05) is 51.6 Å². The molecule has 1 saturated heterocycles. The number of halogens is 5. The molecule has 2 N–H and O–H groups in total. The number of carbonyl (C=O) groups is 1.